The van der Waals surface area contributed by atoms with Gasteiger partial charge in [0.25, 0.3) is 0 Å². The molecule has 0 saturated carbocycles. The fourth-order valence-corrected chi connectivity index (χ4v) is 1.50. The molecule has 18 heavy (non-hydrogen) atoms. The van der Waals surface area contributed by atoms with E-state index in [1.807, 2.05) is 18.5 Å². The highest BCUT2D eigenvalue weighted by atomic mass is 16.5. The zero-order chi connectivity index (χ0) is 13.0. The predicted octanol–water partition coefficient (Wildman–Crippen LogP) is 2.05. The number of hydrogen-bond donors (Lipinski definition) is 1. The van der Waals surface area contributed by atoms with Crippen LogP contribution >= 0.6 is 0 Å². The van der Waals surface area contributed by atoms with Gasteiger partial charge in [0, 0.05) is 36.0 Å². The Bertz CT molecular complexity index is 471. The standard InChI is InChI=1S/C13H18N4O/c1-13(2,3)12-15-7-10(8-16-12)6-14-9-11-4-5-17-18-11/h4-5,7-8,14H,6,9H2,1-3H3. The molecule has 0 amide bonds. The van der Waals surface area contributed by atoms with Crippen molar-refractivity contribution in [2.75, 3.05) is 0 Å². The molecular weight excluding hydrogens is 228 g/mol. The summed E-state index contributed by atoms with van der Waals surface area (Å²) >= 11 is 0. The van der Waals surface area contributed by atoms with Crippen LogP contribution in [0.3, 0.4) is 0 Å². The summed E-state index contributed by atoms with van der Waals surface area (Å²) < 4.78 is 4.99. The highest BCUT2D eigenvalue weighted by Crippen LogP contribution is 2.16. The predicted molar refractivity (Wildman–Crippen MR) is 67.8 cm³/mol. The van der Waals surface area contributed by atoms with E-state index in [0.29, 0.717) is 13.1 Å². The van der Waals surface area contributed by atoms with E-state index in [1.54, 1.807) is 6.20 Å². The minimum Gasteiger partial charge on any atom is -0.360 e. The van der Waals surface area contributed by atoms with Gasteiger partial charge in [-0.2, -0.15) is 0 Å². The van der Waals surface area contributed by atoms with Crippen molar-refractivity contribution in [3.8, 4) is 0 Å². The van der Waals surface area contributed by atoms with Crippen LogP contribution < -0.4 is 5.32 Å². The summed E-state index contributed by atoms with van der Waals surface area (Å²) in [5.41, 5.74) is 1.05. The van der Waals surface area contributed by atoms with E-state index in [9.17, 15) is 0 Å². The van der Waals surface area contributed by atoms with Gasteiger partial charge in [-0.15, -0.1) is 0 Å². The summed E-state index contributed by atoms with van der Waals surface area (Å²) in [6.45, 7) is 7.67. The van der Waals surface area contributed by atoms with E-state index in [2.05, 4.69) is 41.2 Å². The second kappa shape index (κ2) is 5.27. The van der Waals surface area contributed by atoms with Gasteiger partial charge in [-0.05, 0) is 0 Å². The molecule has 0 atom stereocenters. The molecule has 0 aromatic carbocycles. The Kier molecular flexibility index (Phi) is 3.72. The lowest BCUT2D eigenvalue weighted by Gasteiger charge is -2.16. The van der Waals surface area contributed by atoms with Gasteiger partial charge in [-0.1, -0.05) is 25.9 Å². The monoisotopic (exact) mass is 246 g/mol. The van der Waals surface area contributed by atoms with Crippen molar-refractivity contribution in [1.82, 2.24) is 20.4 Å². The third kappa shape index (κ3) is 3.37. The molecule has 2 heterocycles. The van der Waals surface area contributed by atoms with Crippen LogP contribution in [0.15, 0.2) is 29.2 Å². The maximum Gasteiger partial charge on any atom is 0.150 e. The third-order valence-corrected chi connectivity index (χ3v) is 2.50. The van der Waals surface area contributed by atoms with E-state index >= 15 is 0 Å². The molecule has 1 N–H and O–H groups in total. The number of nitrogens with zero attached hydrogens (tertiary/aromatic N) is 3. The smallest absolute Gasteiger partial charge is 0.150 e. The fourth-order valence-electron chi connectivity index (χ4n) is 1.50. The van der Waals surface area contributed by atoms with Crippen molar-refractivity contribution in [1.29, 1.82) is 0 Å². The summed E-state index contributed by atoms with van der Waals surface area (Å²) in [6.07, 6.45) is 5.36. The summed E-state index contributed by atoms with van der Waals surface area (Å²) in [5.74, 6) is 1.68. The summed E-state index contributed by atoms with van der Waals surface area (Å²) in [7, 11) is 0. The first-order valence-electron chi connectivity index (χ1n) is 5.97. The molecule has 2 aromatic heterocycles. The third-order valence-electron chi connectivity index (χ3n) is 2.50. The molecule has 5 nitrogen and oxygen atoms in total. The van der Waals surface area contributed by atoms with Gasteiger partial charge in [-0.3, -0.25) is 0 Å². The molecule has 2 aromatic rings. The molecule has 0 fully saturated rings. The lowest BCUT2D eigenvalue weighted by atomic mass is 9.96. The van der Waals surface area contributed by atoms with Gasteiger partial charge < -0.3 is 9.84 Å². The fraction of sp³-hybridized carbons (Fsp3) is 0.462. The highest BCUT2D eigenvalue weighted by Gasteiger charge is 2.16. The van der Waals surface area contributed by atoms with Crippen LogP contribution in [-0.4, -0.2) is 15.1 Å². The van der Waals surface area contributed by atoms with Crippen LogP contribution in [0, 0.1) is 0 Å². The lowest BCUT2D eigenvalue weighted by Crippen LogP contribution is -2.17. The first-order chi connectivity index (χ1) is 8.55. The lowest BCUT2D eigenvalue weighted by molar-refractivity contribution is 0.372. The van der Waals surface area contributed by atoms with Gasteiger partial charge in [0.15, 0.2) is 0 Å². The zero-order valence-corrected chi connectivity index (χ0v) is 11.0. The Hall–Kier alpha value is -1.75. The Morgan fingerprint density at radius 2 is 1.89 bits per heavy atom. The summed E-state index contributed by atoms with van der Waals surface area (Å²) in [4.78, 5) is 8.76. The average Bonchev–Trinajstić information content (AvgIpc) is 2.82. The first-order valence-corrected chi connectivity index (χ1v) is 5.97. The van der Waals surface area contributed by atoms with Crippen LogP contribution in [0.2, 0.25) is 0 Å². The van der Waals surface area contributed by atoms with Crippen molar-refractivity contribution >= 4 is 0 Å². The maximum absolute atomic E-state index is 4.99. The summed E-state index contributed by atoms with van der Waals surface area (Å²) in [6, 6.07) is 1.84. The van der Waals surface area contributed by atoms with Crippen LogP contribution in [0.25, 0.3) is 0 Å². The Morgan fingerprint density at radius 3 is 2.44 bits per heavy atom. The number of hydrogen-bond acceptors (Lipinski definition) is 5. The van der Waals surface area contributed by atoms with E-state index in [4.69, 9.17) is 4.52 Å². The molecule has 5 heteroatoms. The number of aromatic nitrogens is 3. The first kappa shape index (κ1) is 12.7. The second-order valence-corrected chi connectivity index (χ2v) is 5.25. The van der Waals surface area contributed by atoms with Crippen molar-refractivity contribution < 1.29 is 4.52 Å². The molecule has 0 unspecified atom stereocenters. The Balaban J connectivity index is 1.87. The van der Waals surface area contributed by atoms with E-state index in [0.717, 1.165) is 17.1 Å². The molecule has 96 valence electrons. The van der Waals surface area contributed by atoms with Crippen LogP contribution in [0.5, 0.6) is 0 Å². The van der Waals surface area contributed by atoms with Crippen molar-refractivity contribution in [2.24, 2.45) is 0 Å². The molecule has 2 rings (SSSR count). The second-order valence-electron chi connectivity index (χ2n) is 5.25. The molecule has 0 aliphatic rings. The average molecular weight is 246 g/mol. The molecule has 0 aliphatic heterocycles. The van der Waals surface area contributed by atoms with Gasteiger partial charge in [-0.25, -0.2) is 9.97 Å². The topological polar surface area (TPSA) is 63.8 Å². The Morgan fingerprint density at radius 1 is 1.17 bits per heavy atom. The van der Waals surface area contributed by atoms with E-state index in [1.165, 1.54) is 0 Å². The molecule has 0 radical (unpaired) electrons. The SMILES string of the molecule is CC(C)(C)c1ncc(CNCc2ccno2)cn1. The van der Waals surface area contributed by atoms with Crippen molar-refractivity contribution in [3.05, 3.63) is 41.8 Å². The van der Waals surface area contributed by atoms with Crippen molar-refractivity contribution in [2.45, 2.75) is 39.3 Å². The van der Waals surface area contributed by atoms with Crippen LogP contribution in [0.1, 0.15) is 37.9 Å². The summed E-state index contributed by atoms with van der Waals surface area (Å²) in [5, 5.41) is 6.90. The normalized spacial score (nSPS) is 11.7. The van der Waals surface area contributed by atoms with Crippen LogP contribution in [-0.2, 0) is 18.5 Å². The minimum atomic E-state index is -0.00814. The van der Waals surface area contributed by atoms with E-state index in [-0.39, 0.29) is 5.41 Å². The molecule has 0 saturated heterocycles. The number of rotatable bonds is 4. The van der Waals surface area contributed by atoms with Crippen molar-refractivity contribution in [3.63, 3.8) is 0 Å². The largest absolute Gasteiger partial charge is 0.360 e. The maximum atomic E-state index is 4.99. The minimum absolute atomic E-state index is 0.00814. The van der Waals surface area contributed by atoms with Gasteiger partial charge in [0.1, 0.15) is 11.6 Å². The molecular formula is C13H18N4O. The molecule has 0 bridgehead atoms. The number of nitrogens with one attached hydrogen (secondary N) is 1. The van der Waals surface area contributed by atoms with Crippen LogP contribution in [0.4, 0.5) is 0 Å². The quantitative estimate of drug-likeness (QED) is 0.894. The van der Waals surface area contributed by atoms with E-state index < -0.39 is 0 Å². The molecule has 0 spiro atoms. The highest BCUT2D eigenvalue weighted by molar-refractivity contribution is 5.09. The zero-order valence-electron chi connectivity index (χ0n) is 11.0. The van der Waals surface area contributed by atoms with Gasteiger partial charge in [0.05, 0.1) is 12.7 Å². The Labute approximate surface area is 107 Å². The molecule has 0 aliphatic carbocycles. The van der Waals surface area contributed by atoms with Gasteiger partial charge >= 0.3 is 0 Å². The van der Waals surface area contributed by atoms with Gasteiger partial charge in [0.2, 0.25) is 0 Å².